The van der Waals surface area contributed by atoms with Crippen LogP contribution in [0.1, 0.15) is 53.2 Å². The van der Waals surface area contributed by atoms with Gasteiger partial charge in [0.25, 0.3) is 0 Å². The van der Waals surface area contributed by atoms with E-state index in [-0.39, 0.29) is 17.5 Å². The van der Waals surface area contributed by atoms with Gasteiger partial charge >= 0.3 is 5.97 Å². The predicted octanol–water partition coefficient (Wildman–Crippen LogP) is 6.08. The van der Waals surface area contributed by atoms with Gasteiger partial charge < -0.3 is 19.7 Å². The highest BCUT2D eigenvalue weighted by Gasteiger charge is 2.34. The van der Waals surface area contributed by atoms with Crippen LogP contribution in [0, 0.1) is 25.6 Å². The normalized spacial score (nSPS) is 19.3. The maximum absolute atomic E-state index is 15.0. The zero-order valence-electron chi connectivity index (χ0n) is 19.4. The van der Waals surface area contributed by atoms with E-state index >= 15 is 4.39 Å². The average Bonchev–Trinajstić information content (AvgIpc) is 3.39. The predicted molar refractivity (Wildman–Crippen MR) is 126 cm³/mol. The van der Waals surface area contributed by atoms with Crippen molar-refractivity contribution in [3.05, 3.63) is 76.1 Å². The summed E-state index contributed by atoms with van der Waals surface area (Å²) in [7, 11) is 0. The zero-order valence-corrected chi connectivity index (χ0v) is 19.4. The van der Waals surface area contributed by atoms with Crippen LogP contribution in [0.25, 0.3) is 11.1 Å². The first kappa shape index (κ1) is 22.3. The summed E-state index contributed by atoms with van der Waals surface area (Å²) >= 11 is 0. The number of aliphatic carboxylic acids is 1. The van der Waals surface area contributed by atoms with Crippen molar-refractivity contribution in [3.8, 4) is 28.4 Å². The minimum absolute atomic E-state index is 0.203. The van der Waals surface area contributed by atoms with Gasteiger partial charge in [-0.25, -0.2) is 4.39 Å². The lowest BCUT2D eigenvalue weighted by atomic mass is 9.89. The highest BCUT2D eigenvalue weighted by Crippen LogP contribution is 2.45. The fourth-order valence-corrected chi connectivity index (χ4v) is 5.43. The molecule has 0 fully saturated rings. The fraction of sp³-hybridized carbons (Fsp3) is 0.321. The van der Waals surface area contributed by atoms with Gasteiger partial charge in [-0.2, -0.15) is 0 Å². The first-order chi connectivity index (χ1) is 16.2. The largest absolute Gasteiger partial charge is 0.508 e. The van der Waals surface area contributed by atoms with Gasteiger partial charge in [-0.1, -0.05) is 19.1 Å². The summed E-state index contributed by atoms with van der Waals surface area (Å²) in [5.74, 6) is -0.477. The number of ether oxygens (including phenoxy) is 2. The van der Waals surface area contributed by atoms with E-state index in [0.29, 0.717) is 36.5 Å². The third kappa shape index (κ3) is 3.67. The van der Waals surface area contributed by atoms with Crippen LogP contribution < -0.4 is 9.47 Å². The molecule has 3 unspecified atom stereocenters. The topological polar surface area (TPSA) is 76.0 Å². The van der Waals surface area contributed by atoms with Crippen LogP contribution in [0.5, 0.6) is 17.2 Å². The minimum Gasteiger partial charge on any atom is -0.508 e. The van der Waals surface area contributed by atoms with Crippen molar-refractivity contribution in [1.29, 1.82) is 0 Å². The van der Waals surface area contributed by atoms with Gasteiger partial charge in [-0.3, -0.25) is 4.79 Å². The number of benzene rings is 3. The van der Waals surface area contributed by atoms with E-state index < -0.39 is 18.0 Å². The number of aromatic hydroxyl groups is 1. The summed E-state index contributed by atoms with van der Waals surface area (Å²) in [5.41, 5.74) is 6.24. The second-order valence-corrected chi connectivity index (χ2v) is 9.33. The molecule has 1 heterocycles. The Kier molecular flexibility index (Phi) is 5.47. The maximum Gasteiger partial charge on any atom is 0.306 e. The molecule has 0 saturated carbocycles. The van der Waals surface area contributed by atoms with Crippen molar-refractivity contribution in [2.75, 3.05) is 6.61 Å². The molecule has 5 rings (SSSR count). The molecule has 1 aliphatic carbocycles. The second-order valence-electron chi connectivity index (χ2n) is 9.33. The first-order valence-corrected chi connectivity index (χ1v) is 11.5. The van der Waals surface area contributed by atoms with E-state index in [1.54, 1.807) is 25.1 Å². The van der Waals surface area contributed by atoms with E-state index in [4.69, 9.17) is 9.47 Å². The quantitative estimate of drug-likeness (QED) is 0.481. The molecular weight excluding hydrogens is 435 g/mol. The van der Waals surface area contributed by atoms with Crippen molar-refractivity contribution in [2.24, 2.45) is 5.92 Å². The average molecular weight is 463 g/mol. The Labute approximate surface area is 197 Å². The number of rotatable bonds is 5. The molecule has 3 atom stereocenters. The number of fused-ring (bicyclic) bond motifs is 2. The summed E-state index contributed by atoms with van der Waals surface area (Å²) < 4.78 is 27.0. The van der Waals surface area contributed by atoms with Crippen LogP contribution in [0.2, 0.25) is 0 Å². The molecule has 2 aliphatic rings. The number of carboxylic acids is 1. The number of carbonyl (C=O) groups is 1. The third-order valence-corrected chi connectivity index (χ3v) is 7.14. The molecule has 0 aromatic heterocycles. The summed E-state index contributed by atoms with van der Waals surface area (Å²) in [6, 6.07) is 12.2. The molecule has 1 aliphatic heterocycles. The van der Waals surface area contributed by atoms with Crippen molar-refractivity contribution in [2.45, 2.75) is 45.6 Å². The van der Waals surface area contributed by atoms with Gasteiger partial charge in [0.05, 0.1) is 12.5 Å². The molecule has 5 nitrogen and oxygen atoms in total. The fourth-order valence-electron chi connectivity index (χ4n) is 5.43. The monoisotopic (exact) mass is 462 g/mol. The highest BCUT2D eigenvalue weighted by molar-refractivity contribution is 5.76. The number of phenols is 1. The smallest absolute Gasteiger partial charge is 0.306 e. The van der Waals surface area contributed by atoms with Crippen LogP contribution >= 0.6 is 0 Å². The lowest BCUT2D eigenvalue weighted by Gasteiger charge is -2.19. The molecule has 0 bridgehead atoms. The van der Waals surface area contributed by atoms with E-state index in [1.807, 2.05) is 32.0 Å². The number of hydrogen-bond donors (Lipinski definition) is 2. The molecule has 3 aromatic carbocycles. The number of carboxylic acid groups (broad SMARTS) is 1. The van der Waals surface area contributed by atoms with Gasteiger partial charge in [0.1, 0.15) is 29.2 Å². The molecular formula is C28H27FO5. The summed E-state index contributed by atoms with van der Waals surface area (Å²) in [5, 5.41) is 19.3. The van der Waals surface area contributed by atoms with Crippen molar-refractivity contribution < 1.29 is 28.9 Å². The zero-order chi connectivity index (χ0) is 24.1. The number of hydrogen-bond acceptors (Lipinski definition) is 4. The van der Waals surface area contributed by atoms with Crippen molar-refractivity contribution >= 4 is 5.97 Å². The standard InChI is InChI=1S/C28H27FO5/c1-14-10-17(30)11-15(2)26(14)20-6-8-23(29)27-21(20)7-9-24(27)34-18-4-5-19-22(16(3)28(31)32)13-33-25(19)12-18/h4-6,8,10-12,16,22,24,30H,7,9,13H2,1-3H3,(H,31,32). The molecule has 6 heteroatoms. The molecule has 176 valence electrons. The lowest BCUT2D eigenvalue weighted by Crippen LogP contribution is -2.19. The highest BCUT2D eigenvalue weighted by atomic mass is 19.1. The summed E-state index contributed by atoms with van der Waals surface area (Å²) in [4.78, 5) is 11.4. The van der Waals surface area contributed by atoms with Crippen molar-refractivity contribution in [3.63, 3.8) is 0 Å². The minimum atomic E-state index is -0.852. The Morgan fingerprint density at radius 2 is 1.88 bits per heavy atom. The number of aryl methyl sites for hydroxylation is 2. The van der Waals surface area contributed by atoms with Gasteiger partial charge in [0.15, 0.2) is 0 Å². The van der Waals surface area contributed by atoms with Crippen LogP contribution in [0.15, 0.2) is 42.5 Å². The Balaban J connectivity index is 1.46. The Hall–Kier alpha value is -3.54. The number of halogens is 1. The van der Waals surface area contributed by atoms with Gasteiger partial charge in [-0.15, -0.1) is 0 Å². The molecule has 34 heavy (non-hydrogen) atoms. The molecule has 2 N–H and O–H groups in total. The molecule has 0 saturated heterocycles. The Bertz CT molecular complexity index is 1280. The maximum atomic E-state index is 15.0. The van der Waals surface area contributed by atoms with Gasteiger partial charge in [-0.05, 0) is 78.8 Å². The molecule has 3 aromatic rings. The summed E-state index contributed by atoms with van der Waals surface area (Å²) in [6.45, 7) is 5.90. The molecule has 0 radical (unpaired) electrons. The van der Waals surface area contributed by atoms with Crippen LogP contribution in [0.3, 0.4) is 0 Å². The van der Waals surface area contributed by atoms with E-state index in [9.17, 15) is 15.0 Å². The van der Waals surface area contributed by atoms with Crippen LogP contribution in [0.4, 0.5) is 4.39 Å². The first-order valence-electron chi connectivity index (χ1n) is 11.5. The van der Waals surface area contributed by atoms with Gasteiger partial charge in [0.2, 0.25) is 0 Å². The van der Waals surface area contributed by atoms with E-state index in [0.717, 1.165) is 33.4 Å². The SMILES string of the molecule is Cc1cc(O)cc(C)c1-c1ccc(F)c2c1CCC2Oc1ccc2c(c1)OCC2C(C)C(=O)O. The van der Waals surface area contributed by atoms with Crippen LogP contribution in [-0.2, 0) is 11.2 Å². The van der Waals surface area contributed by atoms with Crippen molar-refractivity contribution in [1.82, 2.24) is 0 Å². The summed E-state index contributed by atoms with van der Waals surface area (Å²) in [6.07, 6.45) is 0.906. The number of phenolic OH excluding ortho intramolecular Hbond substituents is 1. The molecule has 0 spiro atoms. The Morgan fingerprint density at radius 1 is 1.15 bits per heavy atom. The van der Waals surface area contributed by atoms with Gasteiger partial charge in [0, 0.05) is 23.1 Å². The van der Waals surface area contributed by atoms with Crippen LogP contribution in [-0.4, -0.2) is 22.8 Å². The molecule has 0 amide bonds. The lowest BCUT2D eigenvalue weighted by molar-refractivity contribution is -0.142. The second kappa shape index (κ2) is 8.35. The van der Waals surface area contributed by atoms with E-state index in [2.05, 4.69) is 0 Å². The van der Waals surface area contributed by atoms with E-state index in [1.165, 1.54) is 6.07 Å². The Morgan fingerprint density at radius 3 is 2.59 bits per heavy atom. The third-order valence-electron chi connectivity index (χ3n) is 7.14.